The van der Waals surface area contributed by atoms with E-state index in [4.69, 9.17) is 9.73 Å². The number of hydrogen-bond acceptors (Lipinski definition) is 4. The molecule has 2 heterocycles. The number of rotatable bonds is 8. The van der Waals surface area contributed by atoms with Crippen molar-refractivity contribution in [1.29, 1.82) is 0 Å². The predicted molar refractivity (Wildman–Crippen MR) is 113 cm³/mol. The highest BCUT2D eigenvalue weighted by molar-refractivity contribution is 5.79. The van der Waals surface area contributed by atoms with Crippen LogP contribution in [0, 0.1) is 13.8 Å². The van der Waals surface area contributed by atoms with E-state index in [1.165, 1.54) is 45.3 Å². The molecule has 0 aliphatic carbocycles. The van der Waals surface area contributed by atoms with E-state index < -0.39 is 0 Å². The number of pyridine rings is 1. The number of guanidine groups is 1. The SMILES string of the molecule is CCNC(=NCc1ncc(C)c(OC)c1C)NCCCN1CCCCCC1. The molecule has 0 radical (unpaired) electrons. The highest BCUT2D eigenvalue weighted by Crippen LogP contribution is 2.24. The average molecular weight is 376 g/mol. The van der Waals surface area contributed by atoms with Crippen molar-refractivity contribution in [2.75, 3.05) is 39.8 Å². The first-order chi connectivity index (χ1) is 13.2. The molecule has 0 amide bonds. The number of methoxy groups -OCH3 is 1. The molecule has 0 bridgehead atoms. The minimum Gasteiger partial charge on any atom is -0.496 e. The summed E-state index contributed by atoms with van der Waals surface area (Å²) in [5.74, 6) is 1.76. The van der Waals surface area contributed by atoms with Gasteiger partial charge in [0.2, 0.25) is 0 Å². The molecule has 1 aliphatic heterocycles. The average Bonchev–Trinajstić information content (AvgIpc) is 2.93. The minimum atomic E-state index is 0.546. The van der Waals surface area contributed by atoms with E-state index in [2.05, 4.69) is 27.4 Å². The van der Waals surface area contributed by atoms with E-state index in [1.54, 1.807) is 7.11 Å². The topological polar surface area (TPSA) is 61.8 Å². The maximum absolute atomic E-state index is 5.49. The number of aliphatic imine (C=N–C) groups is 1. The highest BCUT2D eigenvalue weighted by Gasteiger charge is 2.10. The number of nitrogens with one attached hydrogen (secondary N) is 2. The van der Waals surface area contributed by atoms with E-state index >= 15 is 0 Å². The summed E-state index contributed by atoms with van der Waals surface area (Å²) in [5.41, 5.74) is 3.08. The standard InChI is InChI=1S/C21H37N5O/c1-5-22-21(23-11-10-14-26-12-8-6-7-9-13-26)25-16-19-18(3)20(27-4)17(2)15-24-19/h15H,5-14,16H2,1-4H3,(H2,22,23,25). The fraction of sp³-hybridized carbons (Fsp3) is 0.714. The molecule has 6 heteroatoms. The Labute approximate surface area is 164 Å². The van der Waals surface area contributed by atoms with Crippen LogP contribution in [0.3, 0.4) is 0 Å². The van der Waals surface area contributed by atoms with Crippen LogP contribution in [0.15, 0.2) is 11.2 Å². The molecule has 0 saturated carbocycles. The Morgan fingerprint density at radius 3 is 2.59 bits per heavy atom. The molecule has 2 rings (SSSR count). The Morgan fingerprint density at radius 2 is 1.93 bits per heavy atom. The van der Waals surface area contributed by atoms with Gasteiger partial charge in [0.25, 0.3) is 0 Å². The Morgan fingerprint density at radius 1 is 1.19 bits per heavy atom. The monoisotopic (exact) mass is 375 g/mol. The maximum Gasteiger partial charge on any atom is 0.191 e. The number of nitrogens with zero attached hydrogens (tertiary/aromatic N) is 3. The second-order valence-corrected chi connectivity index (χ2v) is 7.28. The number of likely N-dealkylation sites (tertiary alicyclic amines) is 1. The van der Waals surface area contributed by atoms with Gasteiger partial charge in [-0.3, -0.25) is 4.98 Å². The first-order valence-corrected chi connectivity index (χ1v) is 10.4. The molecule has 1 aromatic rings. The van der Waals surface area contributed by atoms with Gasteiger partial charge in [-0.05, 0) is 59.7 Å². The van der Waals surface area contributed by atoms with Gasteiger partial charge in [-0.15, -0.1) is 0 Å². The normalized spacial score (nSPS) is 16.1. The third kappa shape index (κ3) is 7.01. The lowest BCUT2D eigenvalue weighted by atomic mass is 10.1. The largest absolute Gasteiger partial charge is 0.496 e. The van der Waals surface area contributed by atoms with Crippen molar-refractivity contribution in [3.63, 3.8) is 0 Å². The molecular weight excluding hydrogens is 338 g/mol. The van der Waals surface area contributed by atoms with Crippen LogP contribution in [0.4, 0.5) is 0 Å². The zero-order valence-corrected chi connectivity index (χ0v) is 17.6. The Balaban J connectivity index is 1.85. The molecule has 0 atom stereocenters. The van der Waals surface area contributed by atoms with E-state index in [0.29, 0.717) is 6.54 Å². The van der Waals surface area contributed by atoms with Crippen LogP contribution >= 0.6 is 0 Å². The molecular formula is C21H37N5O. The van der Waals surface area contributed by atoms with Crippen LogP contribution in [0.1, 0.15) is 55.8 Å². The molecule has 0 spiro atoms. The van der Waals surface area contributed by atoms with E-state index in [-0.39, 0.29) is 0 Å². The summed E-state index contributed by atoms with van der Waals surface area (Å²) in [6, 6.07) is 0. The zero-order chi connectivity index (χ0) is 19.5. The van der Waals surface area contributed by atoms with Crippen molar-refractivity contribution in [2.24, 2.45) is 4.99 Å². The molecule has 1 fully saturated rings. The summed E-state index contributed by atoms with van der Waals surface area (Å²) in [4.78, 5) is 11.8. The summed E-state index contributed by atoms with van der Waals surface area (Å²) in [6.07, 6.45) is 8.48. The summed E-state index contributed by atoms with van der Waals surface area (Å²) >= 11 is 0. The zero-order valence-electron chi connectivity index (χ0n) is 17.6. The van der Waals surface area contributed by atoms with Gasteiger partial charge in [-0.1, -0.05) is 12.8 Å². The van der Waals surface area contributed by atoms with E-state index in [9.17, 15) is 0 Å². The van der Waals surface area contributed by atoms with Gasteiger partial charge in [0.15, 0.2) is 5.96 Å². The molecule has 1 saturated heterocycles. The number of aryl methyl sites for hydroxylation is 1. The van der Waals surface area contributed by atoms with Crippen molar-refractivity contribution >= 4 is 5.96 Å². The predicted octanol–water partition coefficient (Wildman–Crippen LogP) is 3.03. The van der Waals surface area contributed by atoms with Crippen molar-refractivity contribution in [3.8, 4) is 5.75 Å². The van der Waals surface area contributed by atoms with E-state index in [0.717, 1.165) is 48.0 Å². The summed E-state index contributed by atoms with van der Waals surface area (Å²) < 4.78 is 5.49. The lowest BCUT2D eigenvalue weighted by Crippen LogP contribution is -2.39. The summed E-state index contributed by atoms with van der Waals surface area (Å²) in [6.45, 7) is 12.2. The fourth-order valence-corrected chi connectivity index (χ4v) is 3.60. The molecule has 2 N–H and O–H groups in total. The van der Waals surface area contributed by atoms with Gasteiger partial charge >= 0.3 is 0 Å². The first kappa shape index (κ1) is 21.5. The van der Waals surface area contributed by atoms with Crippen LogP contribution in [0.5, 0.6) is 5.75 Å². The molecule has 1 aromatic heterocycles. The quantitative estimate of drug-likeness (QED) is 0.415. The minimum absolute atomic E-state index is 0.546. The van der Waals surface area contributed by atoms with Crippen molar-refractivity contribution in [2.45, 2.75) is 59.4 Å². The molecule has 27 heavy (non-hydrogen) atoms. The first-order valence-electron chi connectivity index (χ1n) is 10.4. The van der Waals surface area contributed by atoms with Crippen molar-refractivity contribution < 1.29 is 4.74 Å². The maximum atomic E-state index is 5.49. The lowest BCUT2D eigenvalue weighted by Gasteiger charge is -2.20. The van der Waals surface area contributed by atoms with Crippen LogP contribution in [0.2, 0.25) is 0 Å². The molecule has 152 valence electrons. The fourth-order valence-electron chi connectivity index (χ4n) is 3.60. The van der Waals surface area contributed by atoms with Crippen LogP contribution < -0.4 is 15.4 Å². The summed E-state index contributed by atoms with van der Waals surface area (Å²) in [7, 11) is 1.71. The second kappa shape index (κ2) is 11.8. The Bertz CT molecular complexity index is 594. The number of ether oxygens (including phenoxy) is 1. The third-order valence-electron chi connectivity index (χ3n) is 5.12. The molecule has 1 aliphatic rings. The third-order valence-corrected chi connectivity index (χ3v) is 5.12. The van der Waals surface area contributed by atoms with E-state index in [1.807, 2.05) is 20.0 Å². The van der Waals surface area contributed by atoms with Gasteiger partial charge in [0, 0.05) is 30.4 Å². The van der Waals surface area contributed by atoms with Crippen LogP contribution in [0.25, 0.3) is 0 Å². The molecule has 0 unspecified atom stereocenters. The molecule has 0 aromatic carbocycles. The second-order valence-electron chi connectivity index (χ2n) is 7.28. The molecule has 6 nitrogen and oxygen atoms in total. The summed E-state index contributed by atoms with van der Waals surface area (Å²) in [5, 5.41) is 6.79. The smallest absolute Gasteiger partial charge is 0.191 e. The van der Waals surface area contributed by atoms with Crippen LogP contribution in [-0.2, 0) is 6.54 Å². The van der Waals surface area contributed by atoms with Crippen molar-refractivity contribution in [3.05, 3.63) is 23.0 Å². The van der Waals surface area contributed by atoms with Gasteiger partial charge in [-0.2, -0.15) is 0 Å². The van der Waals surface area contributed by atoms with Gasteiger partial charge in [0.05, 0.1) is 19.3 Å². The Kier molecular flexibility index (Phi) is 9.39. The number of aromatic nitrogens is 1. The lowest BCUT2D eigenvalue weighted by molar-refractivity contribution is 0.282. The van der Waals surface area contributed by atoms with Gasteiger partial charge in [0.1, 0.15) is 5.75 Å². The number of hydrogen-bond donors (Lipinski definition) is 2. The van der Waals surface area contributed by atoms with Gasteiger partial charge < -0.3 is 20.3 Å². The Hall–Kier alpha value is -1.82. The van der Waals surface area contributed by atoms with Crippen LogP contribution in [-0.4, -0.2) is 55.7 Å². The van der Waals surface area contributed by atoms with Crippen molar-refractivity contribution in [1.82, 2.24) is 20.5 Å². The van der Waals surface area contributed by atoms with Gasteiger partial charge in [-0.25, -0.2) is 4.99 Å². The highest BCUT2D eigenvalue weighted by atomic mass is 16.5.